The van der Waals surface area contributed by atoms with Gasteiger partial charge >= 0.3 is 0 Å². The van der Waals surface area contributed by atoms with E-state index in [0.29, 0.717) is 11.1 Å². The van der Waals surface area contributed by atoms with Crippen LogP contribution in [0.5, 0.6) is 0 Å². The molecule has 0 amide bonds. The number of hydrogen-bond acceptors (Lipinski definition) is 4. The van der Waals surface area contributed by atoms with Gasteiger partial charge in [0.1, 0.15) is 10.5 Å². The topological polar surface area (TPSA) is 109 Å². The highest BCUT2D eigenvalue weighted by molar-refractivity contribution is 7.90. The van der Waals surface area contributed by atoms with Gasteiger partial charge < -0.3 is 0 Å². The molecule has 0 bridgehead atoms. The van der Waals surface area contributed by atoms with Crippen molar-refractivity contribution in [1.29, 1.82) is 0 Å². The molecule has 0 saturated heterocycles. The first-order valence-electron chi connectivity index (χ1n) is 5.31. The minimum Gasteiger partial charge on any atom is -0.285 e. The Kier molecular flexibility index (Phi) is 4.58. The summed E-state index contributed by atoms with van der Waals surface area (Å²) < 4.78 is 62.7. The summed E-state index contributed by atoms with van der Waals surface area (Å²) in [6.07, 6.45) is 0.961. The molecule has 1 aliphatic rings. The molecule has 0 aliphatic heterocycles. The van der Waals surface area contributed by atoms with Crippen molar-refractivity contribution in [3.63, 3.8) is 0 Å². The SMILES string of the molecule is C=C(C)C#CC1=CC[C@H](S(=O)(=O)O)[C@H](S(=O)(=O)O)C1. The Morgan fingerprint density at radius 2 is 1.79 bits per heavy atom. The molecule has 0 aromatic carbocycles. The zero-order valence-corrected chi connectivity index (χ0v) is 11.8. The highest BCUT2D eigenvalue weighted by Gasteiger charge is 2.41. The predicted molar refractivity (Wildman–Crippen MR) is 70.6 cm³/mol. The lowest BCUT2D eigenvalue weighted by Gasteiger charge is -2.25. The van der Waals surface area contributed by atoms with Crippen molar-refractivity contribution in [2.24, 2.45) is 0 Å². The van der Waals surface area contributed by atoms with Crippen molar-refractivity contribution in [3.8, 4) is 11.8 Å². The molecular formula is C11H14O6S2. The van der Waals surface area contributed by atoms with Crippen LogP contribution in [0.2, 0.25) is 0 Å². The van der Waals surface area contributed by atoms with Crippen LogP contribution >= 0.6 is 0 Å². The normalized spacial score (nSPS) is 24.1. The first-order valence-corrected chi connectivity index (χ1v) is 8.31. The maximum atomic E-state index is 11.2. The maximum absolute atomic E-state index is 11.2. The lowest BCUT2D eigenvalue weighted by Crippen LogP contribution is -2.41. The van der Waals surface area contributed by atoms with Gasteiger partial charge in [0, 0.05) is 6.42 Å². The first kappa shape index (κ1) is 15.9. The third kappa shape index (κ3) is 4.47. The van der Waals surface area contributed by atoms with Crippen LogP contribution in [0.1, 0.15) is 19.8 Å². The summed E-state index contributed by atoms with van der Waals surface area (Å²) in [5.41, 5.74) is 0.965. The van der Waals surface area contributed by atoms with E-state index in [-0.39, 0.29) is 12.8 Å². The third-order valence-electron chi connectivity index (χ3n) is 2.63. The van der Waals surface area contributed by atoms with Gasteiger partial charge in [-0.3, -0.25) is 9.11 Å². The summed E-state index contributed by atoms with van der Waals surface area (Å²) >= 11 is 0. The number of allylic oxidation sites excluding steroid dienone is 3. The molecule has 0 spiro atoms. The van der Waals surface area contributed by atoms with Crippen LogP contribution in [0.4, 0.5) is 0 Å². The lowest BCUT2D eigenvalue weighted by molar-refractivity contribution is 0.433. The van der Waals surface area contributed by atoms with E-state index in [1.54, 1.807) is 6.92 Å². The first-order chi connectivity index (χ1) is 8.51. The van der Waals surface area contributed by atoms with E-state index in [1.165, 1.54) is 6.08 Å². The fraction of sp³-hybridized carbons (Fsp3) is 0.455. The third-order valence-corrected chi connectivity index (χ3v) is 5.35. The Hall–Kier alpha value is -1.14. The van der Waals surface area contributed by atoms with Crippen LogP contribution in [-0.2, 0) is 20.2 Å². The molecule has 0 aromatic heterocycles. The molecule has 1 rings (SSSR count). The fourth-order valence-electron chi connectivity index (χ4n) is 1.74. The summed E-state index contributed by atoms with van der Waals surface area (Å²) in [5.74, 6) is 5.29. The van der Waals surface area contributed by atoms with Crippen LogP contribution in [0, 0.1) is 11.8 Å². The van der Waals surface area contributed by atoms with Crippen molar-refractivity contribution >= 4 is 20.2 Å². The van der Waals surface area contributed by atoms with Gasteiger partial charge in [-0.2, -0.15) is 16.8 Å². The predicted octanol–water partition coefficient (Wildman–Crippen LogP) is 0.799. The average molecular weight is 306 g/mol. The van der Waals surface area contributed by atoms with Crippen molar-refractivity contribution in [2.75, 3.05) is 0 Å². The summed E-state index contributed by atoms with van der Waals surface area (Å²) in [6.45, 7) is 5.22. The molecule has 19 heavy (non-hydrogen) atoms. The maximum Gasteiger partial charge on any atom is 0.269 e. The highest BCUT2D eigenvalue weighted by Crippen LogP contribution is 2.28. The second-order valence-corrected chi connectivity index (χ2v) is 7.58. The molecule has 0 radical (unpaired) electrons. The van der Waals surface area contributed by atoms with Crippen molar-refractivity contribution in [3.05, 3.63) is 23.8 Å². The Bertz CT molecular complexity index is 672. The van der Waals surface area contributed by atoms with Crippen LogP contribution in [0.3, 0.4) is 0 Å². The van der Waals surface area contributed by atoms with Gasteiger partial charge in [0.15, 0.2) is 0 Å². The molecule has 0 heterocycles. The number of rotatable bonds is 2. The average Bonchev–Trinajstić information content (AvgIpc) is 2.23. The molecule has 8 heteroatoms. The van der Waals surface area contributed by atoms with Crippen LogP contribution < -0.4 is 0 Å². The van der Waals surface area contributed by atoms with Gasteiger partial charge in [0.25, 0.3) is 20.2 Å². The Morgan fingerprint density at radius 3 is 2.21 bits per heavy atom. The second-order valence-electron chi connectivity index (χ2n) is 4.31. The second kappa shape index (κ2) is 5.46. The molecule has 0 aromatic rings. The van der Waals surface area contributed by atoms with E-state index in [1.807, 2.05) is 0 Å². The van der Waals surface area contributed by atoms with Crippen LogP contribution in [0.15, 0.2) is 23.8 Å². The largest absolute Gasteiger partial charge is 0.285 e. The molecule has 6 nitrogen and oxygen atoms in total. The summed E-state index contributed by atoms with van der Waals surface area (Å²) in [4.78, 5) is 0. The summed E-state index contributed by atoms with van der Waals surface area (Å²) in [7, 11) is -9.16. The highest BCUT2D eigenvalue weighted by atomic mass is 32.2. The van der Waals surface area contributed by atoms with E-state index < -0.39 is 30.7 Å². The monoisotopic (exact) mass is 306 g/mol. The van der Waals surface area contributed by atoms with E-state index in [4.69, 9.17) is 9.11 Å². The Balaban J connectivity index is 3.17. The fourth-order valence-corrected chi connectivity index (χ4v) is 4.29. The summed E-state index contributed by atoms with van der Waals surface area (Å²) in [6, 6.07) is 0. The quantitative estimate of drug-likeness (QED) is 0.577. The van der Waals surface area contributed by atoms with Crippen molar-refractivity contribution in [2.45, 2.75) is 30.3 Å². The van der Waals surface area contributed by atoms with Gasteiger partial charge in [-0.15, -0.1) is 0 Å². The molecular weight excluding hydrogens is 292 g/mol. The van der Waals surface area contributed by atoms with Crippen molar-refractivity contribution in [1.82, 2.24) is 0 Å². The molecule has 2 atom stereocenters. The van der Waals surface area contributed by atoms with E-state index in [2.05, 4.69) is 18.4 Å². The minimum absolute atomic E-state index is 0.219. The van der Waals surface area contributed by atoms with Gasteiger partial charge in [-0.25, -0.2) is 0 Å². The molecule has 1 aliphatic carbocycles. The lowest BCUT2D eigenvalue weighted by atomic mass is 9.99. The zero-order valence-electron chi connectivity index (χ0n) is 10.2. The van der Waals surface area contributed by atoms with Crippen LogP contribution in [-0.4, -0.2) is 36.4 Å². The minimum atomic E-state index is -4.60. The standard InChI is InChI=1S/C11H14O6S2/c1-8(2)3-4-9-5-6-10(18(12,13)14)11(7-9)19(15,16)17/h5,10-11H,1,6-7H2,2H3,(H,12,13,14)(H,15,16,17)/t10-,11+/m0/s1. The summed E-state index contributed by atoms with van der Waals surface area (Å²) in [5, 5.41) is -3.18. The van der Waals surface area contributed by atoms with Crippen LogP contribution in [0.25, 0.3) is 0 Å². The molecule has 0 unspecified atom stereocenters. The molecule has 2 N–H and O–H groups in total. The van der Waals surface area contributed by atoms with Gasteiger partial charge in [0.2, 0.25) is 0 Å². The molecule has 0 fully saturated rings. The zero-order chi connectivity index (χ0) is 14.8. The Morgan fingerprint density at radius 1 is 1.26 bits per heavy atom. The van der Waals surface area contributed by atoms with E-state index >= 15 is 0 Å². The van der Waals surface area contributed by atoms with Gasteiger partial charge in [-0.05, 0) is 24.5 Å². The number of hydrogen-bond donors (Lipinski definition) is 2. The van der Waals surface area contributed by atoms with E-state index in [9.17, 15) is 16.8 Å². The Labute approximate surface area is 112 Å². The van der Waals surface area contributed by atoms with E-state index in [0.717, 1.165) is 0 Å². The smallest absolute Gasteiger partial charge is 0.269 e. The van der Waals surface area contributed by atoms with Gasteiger partial charge in [-0.1, -0.05) is 24.5 Å². The molecule has 0 saturated carbocycles. The van der Waals surface area contributed by atoms with Crippen molar-refractivity contribution < 1.29 is 25.9 Å². The molecule has 106 valence electrons. The van der Waals surface area contributed by atoms with Gasteiger partial charge in [0.05, 0.1) is 0 Å².